The fraction of sp³-hybridized carbons (Fsp3) is 0.583. The van der Waals surface area contributed by atoms with E-state index in [2.05, 4.69) is 60.1 Å². The van der Waals surface area contributed by atoms with Crippen LogP contribution in [0.4, 0.5) is 24.9 Å². The summed E-state index contributed by atoms with van der Waals surface area (Å²) in [5.74, 6) is 3.15. The molecule has 1 aromatic carbocycles. The molecule has 0 bridgehead atoms. The van der Waals surface area contributed by atoms with Crippen molar-refractivity contribution in [3.63, 3.8) is 0 Å². The minimum absolute atomic E-state index is 0.136. The van der Waals surface area contributed by atoms with E-state index in [0.29, 0.717) is 40.7 Å². The van der Waals surface area contributed by atoms with Gasteiger partial charge in [-0.15, -0.1) is 0 Å². The Kier molecular flexibility index (Phi) is 12.0. The predicted molar refractivity (Wildman–Crippen MR) is 191 cm³/mol. The number of nitriles is 1. The zero-order valence-corrected chi connectivity index (χ0v) is 29.7. The third-order valence-corrected chi connectivity index (χ3v) is 10.9. The number of likely N-dealkylation sites (tertiary alicyclic amines) is 1. The van der Waals surface area contributed by atoms with Gasteiger partial charge < -0.3 is 15.2 Å². The molecule has 1 atom stereocenters. The van der Waals surface area contributed by atoms with Crippen molar-refractivity contribution in [1.82, 2.24) is 24.3 Å². The van der Waals surface area contributed by atoms with Crippen molar-refractivity contribution in [3.8, 4) is 6.07 Å². The SMILES string of the molecule is CCC(C)/C(=C\c1c(C)nc(NC)nc1NC1CCN(Cc2ccc3c(cc(C#N)n3CCN3CCSCC3)c2C)CC1)CC(F)(F)F. The van der Waals surface area contributed by atoms with Crippen molar-refractivity contribution in [1.29, 1.82) is 5.26 Å². The molecule has 0 amide bonds. The van der Waals surface area contributed by atoms with Crippen molar-refractivity contribution in [2.75, 3.05) is 61.9 Å². The molecule has 48 heavy (non-hydrogen) atoms. The van der Waals surface area contributed by atoms with Crippen LogP contribution in [0.25, 0.3) is 17.0 Å². The van der Waals surface area contributed by atoms with Crippen molar-refractivity contribution in [3.05, 3.63) is 51.9 Å². The lowest BCUT2D eigenvalue weighted by molar-refractivity contribution is -0.128. The molecule has 260 valence electrons. The Morgan fingerprint density at radius 1 is 1.10 bits per heavy atom. The van der Waals surface area contributed by atoms with Crippen LogP contribution in [0.2, 0.25) is 0 Å². The van der Waals surface area contributed by atoms with Gasteiger partial charge in [0.2, 0.25) is 5.95 Å². The highest BCUT2D eigenvalue weighted by Crippen LogP contribution is 2.34. The van der Waals surface area contributed by atoms with Crippen LogP contribution in [0.5, 0.6) is 0 Å². The molecule has 2 N–H and O–H groups in total. The number of benzene rings is 1. The van der Waals surface area contributed by atoms with Gasteiger partial charge in [0.05, 0.1) is 12.1 Å². The predicted octanol–water partition coefficient (Wildman–Crippen LogP) is 7.47. The van der Waals surface area contributed by atoms with Crippen LogP contribution in [0, 0.1) is 31.1 Å². The first-order valence-electron chi connectivity index (χ1n) is 17.1. The largest absolute Gasteiger partial charge is 0.392 e. The maximum atomic E-state index is 13.5. The fourth-order valence-corrected chi connectivity index (χ4v) is 7.76. The maximum absolute atomic E-state index is 13.5. The van der Waals surface area contributed by atoms with E-state index >= 15 is 0 Å². The van der Waals surface area contributed by atoms with Gasteiger partial charge in [-0.25, -0.2) is 4.98 Å². The summed E-state index contributed by atoms with van der Waals surface area (Å²) in [6.45, 7) is 14.3. The fourth-order valence-electron chi connectivity index (χ4n) is 6.78. The number of halogens is 3. The average molecular weight is 683 g/mol. The Morgan fingerprint density at radius 3 is 2.48 bits per heavy atom. The van der Waals surface area contributed by atoms with Crippen LogP contribution in [0.3, 0.4) is 0 Å². The highest BCUT2D eigenvalue weighted by molar-refractivity contribution is 7.99. The van der Waals surface area contributed by atoms with Gasteiger partial charge in [-0.3, -0.25) is 9.80 Å². The number of thioether (sulfide) groups is 1. The van der Waals surface area contributed by atoms with Crippen LogP contribution in [0.15, 0.2) is 23.8 Å². The molecule has 8 nitrogen and oxygen atoms in total. The quantitative estimate of drug-likeness (QED) is 0.204. The Balaban J connectivity index is 1.27. The van der Waals surface area contributed by atoms with E-state index in [-0.39, 0.29) is 12.0 Å². The minimum Gasteiger partial charge on any atom is -0.367 e. The Hall–Kier alpha value is -3.27. The second kappa shape index (κ2) is 16.0. The van der Waals surface area contributed by atoms with Crippen LogP contribution in [-0.4, -0.2) is 87.8 Å². The molecular weight excluding hydrogens is 634 g/mol. The number of aromatic nitrogens is 3. The molecule has 0 spiro atoms. The Bertz CT molecular complexity index is 1630. The number of aryl methyl sites for hydroxylation is 2. The van der Waals surface area contributed by atoms with Gasteiger partial charge in [0.15, 0.2) is 0 Å². The summed E-state index contributed by atoms with van der Waals surface area (Å²) in [6, 6.07) is 9.00. The number of hydrogen-bond donors (Lipinski definition) is 2. The topological polar surface area (TPSA) is 85.0 Å². The van der Waals surface area contributed by atoms with Gasteiger partial charge in [-0.2, -0.15) is 35.2 Å². The van der Waals surface area contributed by atoms with E-state index < -0.39 is 12.6 Å². The number of nitrogens with one attached hydrogen (secondary N) is 2. The number of anilines is 2. The van der Waals surface area contributed by atoms with Crippen molar-refractivity contribution < 1.29 is 13.2 Å². The molecule has 1 unspecified atom stereocenters. The third-order valence-electron chi connectivity index (χ3n) is 9.99. The second-order valence-corrected chi connectivity index (χ2v) is 14.4. The van der Waals surface area contributed by atoms with Crippen LogP contribution in [0.1, 0.15) is 67.6 Å². The molecule has 3 aromatic rings. The monoisotopic (exact) mass is 682 g/mol. The zero-order chi connectivity index (χ0) is 34.4. The molecule has 5 rings (SSSR count). The third kappa shape index (κ3) is 8.84. The summed E-state index contributed by atoms with van der Waals surface area (Å²) in [6.07, 6.45) is -1.19. The summed E-state index contributed by atoms with van der Waals surface area (Å²) in [7, 11) is 1.74. The number of allylic oxidation sites excluding steroid dienone is 1. The molecule has 12 heteroatoms. The normalized spacial score (nSPS) is 17.9. The number of alkyl halides is 3. The van der Waals surface area contributed by atoms with Crippen molar-refractivity contribution in [2.45, 2.75) is 78.7 Å². The average Bonchev–Trinajstić information content (AvgIpc) is 3.44. The van der Waals surface area contributed by atoms with E-state index in [9.17, 15) is 18.4 Å². The summed E-state index contributed by atoms with van der Waals surface area (Å²) < 4.78 is 42.7. The van der Waals surface area contributed by atoms with Gasteiger partial charge >= 0.3 is 6.18 Å². The highest BCUT2D eigenvalue weighted by atomic mass is 32.2. The zero-order valence-electron chi connectivity index (χ0n) is 28.9. The lowest BCUT2D eigenvalue weighted by Gasteiger charge is -2.33. The Morgan fingerprint density at radius 2 is 1.83 bits per heavy atom. The summed E-state index contributed by atoms with van der Waals surface area (Å²) in [5, 5.41) is 17.6. The van der Waals surface area contributed by atoms with Crippen LogP contribution in [-0.2, 0) is 13.1 Å². The van der Waals surface area contributed by atoms with E-state index in [1.165, 1.54) is 22.6 Å². The maximum Gasteiger partial charge on any atom is 0.392 e. The second-order valence-electron chi connectivity index (χ2n) is 13.2. The number of fused-ring (bicyclic) bond motifs is 1. The van der Waals surface area contributed by atoms with Crippen LogP contribution < -0.4 is 10.6 Å². The number of piperidine rings is 1. The summed E-state index contributed by atoms with van der Waals surface area (Å²) >= 11 is 2.01. The lowest BCUT2D eigenvalue weighted by atomic mass is 9.93. The van der Waals surface area contributed by atoms with E-state index in [0.717, 1.165) is 69.6 Å². The van der Waals surface area contributed by atoms with Gasteiger partial charge in [-0.05, 0) is 68.4 Å². The van der Waals surface area contributed by atoms with Crippen molar-refractivity contribution >= 4 is 40.5 Å². The number of hydrogen-bond acceptors (Lipinski definition) is 8. The first kappa shape index (κ1) is 36.0. The van der Waals surface area contributed by atoms with Gasteiger partial charge in [0.1, 0.15) is 17.6 Å². The van der Waals surface area contributed by atoms with Gasteiger partial charge in [-0.1, -0.05) is 25.5 Å². The number of nitrogens with zero attached hydrogens (tertiary/aromatic N) is 6. The smallest absolute Gasteiger partial charge is 0.367 e. The number of rotatable bonds is 12. The van der Waals surface area contributed by atoms with E-state index in [1.54, 1.807) is 13.1 Å². The molecule has 2 aliphatic rings. The minimum atomic E-state index is -4.29. The van der Waals surface area contributed by atoms with E-state index in [4.69, 9.17) is 0 Å². The van der Waals surface area contributed by atoms with Gasteiger partial charge in [0, 0.05) is 86.9 Å². The lowest BCUT2D eigenvalue weighted by Crippen LogP contribution is -2.39. The first-order valence-corrected chi connectivity index (χ1v) is 18.3. The van der Waals surface area contributed by atoms with E-state index in [1.807, 2.05) is 38.6 Å². The van der Waals surface area contributed by atoms with Gasteiger partial charge in [0.25, 0.3) is 0 Å². The molecule has 4 heterocycles. The standard InChI is InChI=1S/C36H49F3N8S/c1-6-24(2)28(21-36(37,38)39)19-32-26(4)42-35(41-5)44-34(32)43-29-9-11-46(12-10-29)23-27-7-8-33-31(25(27)3)20-30(22-40)47(33)14-13-45-15-17-48-18-16-45/h7-8,19-20,24,29H,6,9-18,21,23H2,1-5H3,(H2,41,42,43,44)/b28-19-. The molecule has 2 fully saturated rings. The molecule has 2 aromatic heterocycles. The van der Waals surface area contributed by atoms with Crippen LogP contribution >= 0.6 is 11.8 Å². The van der Waals surface area contributed by atoms with Crippen molar-refractivity contribution in [2.24, 2.45) is 5.92 Å². The summed E-state index contributed by atoms with van der Waals surface area (Å²) in [4.78, 5) is 14.1. The first-order chi connectivity index (χ1) is 23.0. The molecule has 0 aliphatic carbocycles. The molecule has 0 saturated carbocycles. The summed E-state index contributed by atoms with van der Waals surface area (Å²) in [5.41, 5.74) is 5.94. The Labute approximate surface area is 287 Å². The highest BCUT2D eigenvalue weighted by Gasteiger charge is 2.31. The molecule has 2 saturated heterocycles. The molecule has 0 radical (unpaired) electrons. The molecular formula is C36H49F3N8S. The molecule has 2 aliphatic heterocycles.